The van der Waals surface area contributed by atoms with Crippen LogP contribution in [0.2, 0.25) is 5.02 Å². The minimum atomic E-state index is -5.06. The van der Waals surface area contributed by atoms with Crippen LogP contribution in [0.1, 0.15) is 170 Å². The first-order chi connectivity index (χ1) is 45.0. The SMILES string of the molecule is C=CC(=O)Nc1cc(Cl)cc(NC(=O)c2cnn(-c3ccc(C(=O)CCCCC(=O)CCC[C@@H]4/C=C(\C)C[C@H](C)C[C@H](OC)[C@H]5O[C@@](O)(C(=O)C(=O)N6CCCC[C@H]6C(=O)O[C@H](/C(C)=C/[C@@H]6CC[C@@H](O)[C@H](OC)C6)[C@H](C)[C@@H](O)CC4=O)[C@H](C)C[C@@H]5OC)cc3)c2C(F)(F)F)c1. The summed E-state index contributed by atoms with van der Waals surface area (Å²) in [5.41, 5.74) is -0.559. The number of carbonyl (C=O) groups is 8. The Morgan fingerprint density at radius 2 is 1.49 bits per heavy atom. The zero-order chi connectivity index (χ0) is 69.6. The average molecular weight is 1350 g/mol. The van der Waals surface area contributed by atoms with E-state index in [0.717, 1.165) is 22.7 Å². The quantitative estimate of drug-likeness (QED) is 0.0175. The summed E-state index contributed by atoms with van der Waals surface area (Å²) >= 11 is 6.13. The van der Waals surface area contributed by atoms with Crippen LogP contribution in [0.5, 0.6) is 0 Å². The number of allylic oxidation sites excluding steroid dienone is 3. The highest BCUT2D eigenvalue weighted by molar-refractivity contribution is 6.39. The number of rotatable bonds is 20. The van der Waals surface area contributed by atoms with Crippen molar-refractivity contribution in [2.75, 3.05) is 38.5 Å². The molecule has 7 rings (SSSR count). The van der Waals surface area contributed by atoms with E-state index >= 15 is 0 Å². The molecule has 1 aromatic heterocycles. The fourth-order valence-electron chi connectivity index (χ4n) is 13.6. The topological polar surface area (TPSA) is 289 Å². The molecule has 25 heteroatoms. The number of nitrogens with one attached hydrogen (secondary N) is 2. The summed E-state index contributed by atoms with van der Waals surface area (Å²) in [6.45, 7) is 12.2. The van der Waals surface area contributed by atoms with Crippen LogP contribution in [0.3, 0.4) is 0 Å². The molecule has 3 fully saturated rings. The summed E-state index contributed by atoms with van der Waals surface area (Å²) in [6, 6.07) is 7.92. The first-order valence-electron chi connectivity index (χ1n) is 32.6. The number of aliphatic hydroxyl groups excluding tert-OH is 2. The highest BCUT2D eigenvalue weighted by atomic mass is 35.5. The third kappa shape index (κ3) is 19.5. The van der Waals surface area contributed by atoms with E-state index in [1.807, 2.05) is 26.0 Å². The normalized spacial score (nSPS) is 29.3. The molecule has 95 heavy (non-hydrogen) atoms. The van der Waals surface area contributed by atoms with Crippen LogP contribution in [0.25, 0.3) is 5.69 Å². The molecule has 0 radical (unpaired) electrons. The van der Waals surface area contributed by atoms with E-state index in [4.69, 9.17) is 35.3 Å². The number of ether oxygens (including phenoxy) is 5. The van der Waals surface area contributed by atoms with E-state index in [1.165, 1.54) is 63.8 Å². The van der Waals surface area contributed by atoms with Gasteiger partial charge in [0.25, 0.3) is 17.6 Å². The van der Waals surface area contributed by atoms with Crippen molar-refractivity contribution in [1.82, 2.24) is 14.7 Å². The number of anilines is 2. The summed E-state index contributed by atoms with van der Waals surface area (Å²) in [6.07, 6.45) is -0.940. The number of esters is 1. The molecule has 3 amide bonds. The van der Waals surface area contributed by atoms with Crippen LogP contribution in [-0.2, 0) is 58.6 Å². The second-order valence-corrected chi connectivity index (χ2v) is 26.5. The molecule has 2 bridgehead atoms. The molecule has 4 heterocycles. The van der Waals surface area contributed by atoms with Gasteiger partial charge >= 0.3 is 12.1 Å². The predicted molar refractivity (Wildman–Crippen MR) is 346 cm³/mol. The minimum Gasteiger partial charge on any atom is -0.456 e. The van der Waals surface area contributed by atoms with Gasteiger partial charge in [-0.3, -0.25) is 33.6 Å². The number of piperidine rings is 1. The summed E-state index contributed by atoms with van der Waals surface area (Å²) < 4.78 is 74.5. The fraction of sp³-hybridized carbons (Fsp3) is 0.586. The van der Waals surface area contributed by atoms with E-state index in [2.05, 4.69) is 22.3 Å². The number of halogens is 4. The Balaban J connectivity index is 1.04. The van der Waals surface area contributed by atoms with Crippen molar-refractivity contribution in [2.45, 2.75) is 205 Å². The summed E-state index contributed by atoms with van der Waals surface area (Å²) in [5.74, 6) is -11.1. The maximum atomic E-state index is 14.7. The third-order valence-electron chi connectivity index (χ3n) is 18.9. The summed E-state index contributed by atoms with van der Waals surface area (Å²) in [5, 5.41) is 43.8. The molecule has 0 spiro atoms. The van der Waals surface area contributed by atoms with Crippen molar-refractivity contribution in [3.8, 4) is 5.69 Å². The highest BCUT2D eigenvalue weighted by Crippen LogP contribution is 2.41. The monoisotopic (exact) mass is 1350 g/mol. The molecule has 520 valence electrons. The van der Waals surface area contributed by atoms with Gasteiger partial charge in [0.1, 0.15) is 29.8 Å². The zero-order valence-corrected chi connectivity index (χ0v) is 56.0. The molecular formula is C70H91ClF3N5O16. The number of unbranched alkanes of at least 4 members (excludes halogenated alkanes) is 1. The van der Waals surface area contributed by atoms with E-state index < -0.39 is 119 Å². The Morgan fingerprint density at radius 3 is 2.16 bits per heavy atom. The molecule has 1 saturated carbocycles. The molecule has 3 aliphatic heterocycles. The van der Waals surface area contributed by atoms with Crippen LogP contribution in [0.15, 0.2) is 84.6 Å². The number of amides is 3. The standard InChI is InChI=1S/C70H91ClF3N5O16/c1-10-61(85)76-48-34-47(71)35-49(36-48)77-66(87)52-38-75-79(64(52)70(72,73)74)50-24-22-45(23-25-50)54(81)20-12-11-17-51(80)18-15-16-46-29-39(2)28-40(3)30-59(92-8)63-60(93-9)32-42(5)69(90,95-63)65(86)67(88)78-27-14-13-19-53(78)68(89)94-62(43(6)56(83)37-57(46)84)41(4)31-44-21-26-55(82)58(33-44)91-7/h10,22-25,29,31,34-36,38,40,42-44,46,53,55-56,58-60,62-63,82-83,90H,1,11-21,26-28,30,32-33,37H2,2-9H3,(H,76,85)(H,77,87)/b39-29+,41-31+/t40-,42+,43+,44-,46+,53-,55+,56-,58+,59-,60-,62+,63+,69+/m0/s1. The molecule has 3 aromatic rings. The molecule has 21 nitrogen and oxygen atoms in total. The van der Waals surface area contributed by atoms with Crippen LogP contribution >= 0.6 is 11.6 Å². The lowest BCUT2D eigenvalue weighted by atomic mass is 9.81. The highest BCUT2D eigenvalue weighted by Gasteiger charge is 2.57. The molecular weight excluding hydrogens is 1260 g/mol. The minimum absolute atomic E-state index is 0.00916. The molecule has 2 aromatic carbocycles. The van der Waals surface area contributed by atoms with Gasteiger partial charge in [-0.25, -0.2) is 9.48 Å². The number of cyclic esters (lactones) is 1. The Morgan fingerprint density at radius 1 is 0.842 bits per heavy atom. The predicted octanol–water partition coefficient (Wildman–Crippen LogP) is 10.5. The lowest BCUT2D eigenvalue weighted by molar-refractivity contribution is -0.302. The lowest BCUT2D eigenvalue weighted by Crippen LogP contribution is -2.64. The number of benzene rings is 2. The number of hydrogen-bond donors (Lipinski definition) is 5. The number of methoxy groups -OCH3 is 3. The van der Waals surface area contributed by atoms with Crippen LogP contribution in [0, 0.1) is 29.6 Å². The maximum Gasteiger partial charge on any atom is 0.434 e. The van der Waals surface area contributed by atoms with Gasteiger partial charge in [0.05, 0.1) is 48.0 Å². The van der Waals surface area contributed by atoms with Crippen molar-refractivity contribution in [2.24, 2.45) is 29.6 Å². The van der Waals surface area contributed by atoms with Gasteiger partial charge in [0, 0.05) is 93.3 Å². The number of alkyl halides is 3. The van der Waals surface area contributed by atoms with Crippen LogP contribution < -0.4 is 10.6 Å². The lowest BCUT2D eigenvalue weighted by Gasteiger charge is -2.47. The average Bonchev–Trinajstić information content (AvgIpc) is 0.979. The van der Waals surface area contributed by atoms with Gasteiger partial charge in [0.15, 0.2) is 11.5 Å². The summed E-state index contributed by atoms with van der Waals surface area (Å²) in [4.78, 5) is 111. The number of fused-ring (bicyclic) bond motifs is 3. The Labute approximate surface area is 557 Å². The summed E-state index contributed by atoms with van der Waals surface area (Å²) in [7, 11) is 4.48. The Bertz CT molecular complexity index is 3320. The third-order valence-corrected chi connectivity index (χ3v) is 19.1. The molecule has 14 atom stereocenters. The zero-order valence-electron chi connectivity index (χ0n) is 55.3. The molecule has 0 unspecified atom stereocenters. The van der Waals surface area contributed by atoms with Crippen molar-refractivity contribution < 1.29 is 90.5 Å². The number of carbonyl (C=O) groups excluding carboxylic acids is 8. The second-order valence-electron chi connectivity index (χ2n) is 26.0. The van der Waals surface area contributed by atoms with Crippen molar-refractivity contribution in [3.63, 3.8) is 0 Å². The van der Waals surface area contributed by atoms with Crippen LogP contribution in [-0.4, -0.2) is 159 Å². The number of hydrogen-bond acceptors (Lipinski definition) is 17. The van der Waals surface area contributed by atoms with Crippen molar-refractivity contribution >= 4 is 69.8 Å². The van der Waals surface area contributed by atoms with E-state index in [0.29, 0.717) is 74.5 Å². The fourth-order valence-corrected chi connectivity index (χ4v) is 13.8. The van der Waals surface area contributed by atoms with Crippen molar-refractivity contribution in [1.29, 1.82) is 0 Å². The molecule has 2 saturated heterocycles. The molecule has 1 aliphatic carbocycles. The smallest absolute Gasteiger partial charge is 0.434 e. The number of Topliss-reactive ketones (excluding diaryl/α,β-unsaturated/α-hetero) is 4. The second kappa shape index (κ2) is 33.9. The number of nitrogens with zero attached hydrogens (tertiary/aromatic N) is 3. The van der Waals surface area contributed by atoms with Gasteiger partial charge in [-0.05, 0) is 163 Å². The molecule has 5 N–H and O–H groups in total. The van der Waals surface area contributed by atoms with Crippen LogP contribution in [0.4, 0.5) is 24.5 Å². The van der Waals surface area contributed by atoms with E-state index in [1.54, 1.807) is 20.8 Å². The number of aliphatic hydroxyl groups is 3. The van der Waals surface area contributed by atoms with Gasteiger partial charge in [0.2, 0.25) is 11.7 Å². The molecule has 4 aliphatic rings. The Kier molecular flexibility index (Phi) is 27.0. The van der Waals surface area contributed by atoms with Gasteiger partial charge in [-0.2, -0.15) is 18.3 Å². The van der Waals surface area contributed by atoms with Gasteiger partial charge < -0.3 is 54.5 Å². The van der Waals surface area contributed by atoms with Crippen molar-refractivity contribution in [3.05, 3.63) is 106 Å². The van der Waals surface area contributed by atoms with Gasteiger partial charge in [-0.1, -0.05) is 56.7 Å². The van der Waals surface area contributed by atoms with E-state index in [-0.39, 0.29) is 108 Å². The first kappa shape index (κ1) is 75.6. The number of aromatic nitrogens is 2. The van der Waals surface area contributed by atoms with E-state index in [9.17, 15) is 66.8 Å². The maximum absolute atomic E-state index is 14.7. The Hall–Kier alpha value is -6.77. The largest absolute Gasteiger partial charge is 0.456 e. The number of ketones is 4. The van der Waals surface area contributed by atoms with Gasteiger partial charge in [-0.15, -0.1) is 0 Å². The first-order valence-corrected chi connectivity index (χ1v) is 33.0.